The lowest BCUT2D eigenvalue weighted by Gasteiger charge is -2.43. The molecule has 0 bridgehead atoms. The van der Waals surface area contributed by atoms with E-state index in [1.54, 1.807) is 6.20 Å². The van der Waals surface area contributed by atoms with Gasteiger partial charge < -0.3 is 9.64 Å². The first-order valence-corrected chi connectivity index (χ1v) is 7.94. The van der Waals surface area contributed by atoms with Crippen LogP contribution in [0.3, 0.4) is 0 Å². The topological polar surface area (TPSA) is 47.4 Å². The molecule has 2 heterocycles. The number of amides is 1. The third kappa shape index (κ3) is 2.84. The van der Waals surface area contributed by atoms with Crippen molar-refractivity contribution in [2.24, 2.45) is 0 Å². The SMILES string of the molecule is CC(C)(C)n1cc(C(=O)N2CCO[C@@H]3CCCC[C@H]32)cn1. The molecule has 0 N–H and O–H groups in total. The highest BCUT2D eigenvalue weighted by Crippen LogP contribution is 2.29. The van der Waals surface area contributed by atoms with Crippen LogP contribution in [0, 0.1) is 0 Å². The van der Waals surface area contributed by atoms with Gasteiger partial charge >= 0.3 is 0 Å². The molecule has 1 aromatic heterocycles. The molecule has 116 valence electrons. The third-order valence-electron chi connectivity index (χ3n) is 4.51. The lowest BCUT2D eigenvalue weighted by Crippen LogP contribution is -2.54. The number of ether oxygens (including phenoxy) is 1. The van der Waals surface area contributed by atoms with E-state index in [1.165, 1.54) is 12.8 Å². The van der Waals surface area contributed by atoms with E-state index in [2.05, 4.69) is 25.9 Å². The first-order chi connectivity index (χ1) is 9.97. The summed E-state index contributed by atoms with van der Waals surface area (Å²) in [6.45, 7) is 7.60. The lowest BCUT2D eigenvalue weighted by atomic mass is 9.90. The van der Waals surface area contributed by atoms with Crippen LogP contribution >= 0.6 is 0 Å². The molecule has 3 rings (SSSR count). The van der Waals surface area contributed by atoms with Crippen molar-refractivity contribution in [1.29, 1.82) is 0 Å². The summed E-state index contributed by atoms with van der Waals surface area (Å²) in [6.07, 6.45) is 8.34. The summed E-state index contributed by atoms with van der Waals surface area (Å²) in [5.74, 6) is 0.103. The summed E-state index contributed by atoms with van der Waals surface area (Å²) in [4.78, 5) is 14.8. The van der Waals surface area contributed by atoms with E-state index >= 15 is 0 Å². The molecule has 2 aliphatic rings. The monoisotopic (exact) mass is 291 g/mol. The van der Waals surface area contributed by atoms with Gasteiger partial charge in [0, 0.05) is 12.7 Å². The van der Waals surface area contributed by atoms with E-state index in [-0.39, 0.29) is 23.6 Å². The maximum Gasteiger partial charge on any atom is 0.257 e. The van der Waals surface area contributed by atoms with Crippen LogP contribution in [0.1, 0.15) is 56.8 Å². The van der Waals surface area contributed by atoms with Crippen LogP contribution in [0.15, 0.2) is 12.4 Å². The van der Waals surface area contributed by atoms with Crippen molar-refractivity contribution in [3.63, 3.8) is 0 Å². The van der Waals surface area contributed by atoms with E-state index in [4.69, 9.17) is 4.74 Å². The average molecular weight is 291 g/mol. The molecule has 5 heteroatoms. The molecular formula is C16H25N3O2. The molecule has 1 aliphatic carbocycles. The van der Waals surface area contributed by atoms with Crippen molar-refractivity contribution in [3.8, 4) is 0 Å². The van der Waals surface area contributed by atoms with Crippen LogP contribution in [-0.4, -0.2) is 45.9 Å². The van der Waals surface area contributed by atoms with Gasteiger partial charge in [0.1, 0.15) is 0 Å². The Bertz CT molecular complexity index is 516. The van der Waals surface area contributed by atoms with Crippen LogP contribution in [0.2, 0.25) is 0 Å². The molecule has 2 atom stereocenters. The third-order valence-corrected chi connectivity index (χ3v) is 4.51. The number of hydrogen-bond acceptors (Lipinski definition) is 3. The Morgan fingerprint density at radius 1 is 1.33 bits per heavy atom. The predicted molar refractivity (Wildman–Crippen MR) is 80.3 cm³/mol. The molecule has 1 amide bonds. The zero-order chi connectivity index (χ0) is 15.0. The molecule has 0 spiro atoms. The summed E-state index contributed by atoms with van der Waals surface area (Å²) < 4.78 is 7.70. The fraction of sp³-hybridized carbons (Fsp3) is 0.750. The normalized spacial score (nSPS) is 26.5. The van der Waals surface area contributed by atoms with Gasteiger partial charge in [-0.05, 0) is 33.6 Å². The minimum Gasteiger partial charge on any atom is -0.374 e. The van der Waals surface area contributed by atoms with Crippen LogP contribution in [-0.2, 0) is 10.3 Å². The smallest absolute Gasteiger partial charge is 0.257 e. The number of hydrogen-bond donors (Lipinski definition) is 0. The Morgan fingerprint density at radius 2 is 2.10 bits per heavy atom. The number of nitrogens with zero attached hydrogens (tertiary/aromatic N) is 3. The largest absolute Gasteiger partial charge is 0.374 e. The van der Waals surface area contributed by atoms with Crippen LogP contribution in [0.4, 0.5) is 0 Å². The summed E-state index contributed by atoms with van der Waals surface area (Å²) in [7, 11) is 0. The first kappa shape index (κ1) is 14.6. The molecule has 0 unspecified atom stereocenters. The lowest BCUT2D eigenvalue weighted by molar-refractivity contribution is -0.0752. The quantitative estimate of drug-likeness (QED) is 0.798. The second-order valence-corrected chi connectivity index (χ2v) is 7.10. The fourth-order valence-electron chi connectivity index (χ4n) is 3.31. The molecule has 1 saturated heterocycles. The number of morpholine rings is 1. The van der Waals surface area contributed by atoms with Crippen LogP contribution < -0.4 is 0 Å². The Hall–Kier alpha value is -1.36. The van der Waals surface area contributed by atoms with Crippen molar-refractivity contribution in [2.45, 2.75) is 64.1 Å². The molecule has 2 fully saturated rings. The molecule has 1 aromatic rings. The fourth-order valence-corrected chi connectivity index (χ4v) is 3.31. The summed E-state index contributed by atoms with van der Waals surface area (Å²) in [5.41, 5.74) is 0.591. The van der Waals surface area contributed by atoms with Crippen molar-refractivity contribution >= 4 is 5.91 Å². The highest BCUT2D eigenvalue weighted by molar-refractivity contribution is 5.94. The summed E-state index contributed by atoms with van der Waals surface area (Å²) in [5, 5.41) is 4.35. The van der Waals surface area contributed by atoms with Crippen LogP contribution in [0.25, 0.3) is 0 Å². The number of rotatable bonds is 1. The van der Waals surface area contributed by atoms with Gasteiger partial charge in [-0.15, -0.1) is 0 Å². The Labute approximate surface area is 126 Å². The van der Waals surface area contributed by atoms with Gasteiger partial charge in [0.2, 0.25) is 0 Å². The second-order valence-electron chi connectivity index (χ2n) is 7.10. The standard InChI is InChI=1S/C16H25N3O2/c1-16(2,3)19-11-12(10-17-19)15(20)18-8-9-21-14-7-5-4-6-13(14)18/h10-11,13-14H,4-9H2,1-3H3/t13-,14-/m1/s1. The molecule has 5 nitrogen and oxygen atoms in total. The molecule has 0 radical (unpaired) electrons. The molecule has 0 aromatic carbocycles. The zero-order valence-electron chi connectivity index (χ0n) is 13.2. The van der Waals surface area contributed by atoms with Crippen molar-refractivity contribution < 1.29 is 9.53 Å². The number of carbonyl (C=O) groups excluding carboxylic acids is 1. The van der Waals surface area contributed by atoms with E-state index in [0.29, 0.717) is 18.7 Å². The van der Waals surface area contributed by atoms with E-state index in [0.717, 1.165) is 12.8 Å². The van der Waals surface area contributed by atoms with Gasteiger partial charge in [-0.1, -0.05) is 12.8 Å². The van der Waals surface area contributed by atoms with Crippen molar-refractivity contribution in [3.05, 3.63) is 18.0 Å². The van der Waals surface area contributed by atoms with Gasteiger partial charge in [0.15, 0.2) is 0 Å². The molecule has 1 aliphatic heterocycles. The average Bonchev–Trinajstić information content (AvgIpc) is 2.96. The number of fused-ring (bicyclic) bond motifs is 1. The summed E-state index contributed by atoms with van der Waals surface area (Å²) >= 11 is 0. The Morgan fingerprint density at radius 3 is 2.81 bits per heavy atom. The molecule has 1 saturated carbocycles. The predicted octanol–water partition coefficient (Wildman–Crippen LogP) is 2.42. The van der Waals surface area contributed by atoms with Crippen molar-refractivity contribution in [2.75, 3.05) is 13.2 Å². The van der Waals surface area contributed by atoms with E-state index < -0.39 is 0 Å². The highest BCUT2D eigenvalue weighted by atomic mass is 16.5. The minimum absolute atomic E-state index is 0.100. The van der Waals surface area contributed by atoms with Crippen LogP contribution in [0.5, 0.6) is 0 Å². The van der Waals surface area contributed by atoms with E-state index in [9.17, 15) is 4.79 Å². The van der Waals surface area contributed by atoms with E-state index in [1.807, 2.05) is 15.8 Å². The second kappa shape index (κ2) is 5.44. The molecular weight excluding hydrogens is 266 g/mol. The van der Waals surface area contributed by atoms with Gasteiger partial charge in [-0.3, -0.25) is 9.48 Å². The Kier molecular flexibility index (Phi) is 3.78. The van der Waals surface area contributed by atoms with Gasteiger partial charge in [0.25, 0.3) is 5.91 Å². The van der Waals surface area contributed by atoms with Crippen molar-refractivity contribution in [1.82, 2.24) is 14.7 Å². The molecule has 21 heavy (non-hydrogen) atoms. The maximum absolute atomic E-state index is 12.8. The number of aromatic nitrogens is 2. The highest BCUT2D eigenvalue weighted by Gasteiger charge is 2.37. The number of carbonyl (C=O) groups is 1. The first-order valence-electron chi connectivity index (χ1n) is 7.94. The van der Waals surface area contributed by atoms with Gasteiger partial charge in [0.05, 0.1) is 36.1 Å². The summed E-state index contributed by atoms with van der Waals surface area (Å²) in [6, 6.07) is 0.248. The Balaban J connectivity index is 1.79. The zero-order valence-corrected chi connectivity index (χ0v) is 13.2. The minimum atomic E-state index is -0.100. The maximum atomic E-state index is 12.8. The van der Waals surface area contributed by atoms with Gasteiger partial charge in [-0.25, -0.2) is 0 Å². The van der Waals surface area contributed by atoms with Gasteiger partial charge in [-0.2, -0.15) is 5.10 Å².